The van der Waals surface area contributed by atoms with Crippen LogP contribution in [0.5, 0.6) is 0 Å². The molecule has 0 aromatic heterocycles. The molecular formula is C24H31BClFO5S. The molecule has 0 spiro atoms. The highest BCUT2D eigenvalue weighted by molar-refractivity contribution is 7.90. The van der Waals surface area contributed by atoms with Gasteiger partial charge >= 0.3 is 5.97 Å². The van der Waals surface area contributed by atoms with Gasteiger partial charge in [0.05, 0.1) is 18.3 Å². The molecule has 33 heavy (non-hydrogen) atoms. The van der Waals surface area contributed by atoms with Gasteiger partial charge in [-0.05, 0) is 67.8 Å². The Morgan fingerprint density at radius 3 is 2.45 bits per heavy atom. The van der Waals surface area contributed by atoms with Gasteiger partial charge in [-0.1, -0.05) is 42.7 Å². The Bertz CT molecular complexity index is 1030. The molecule has 0 bridgehead atoms. The summed E-state index contributed by atoms with van der Waals surface area (Å²) in [5, 5.41) is 10.4. The average Bonchev–Trinajstić information content (AvgIpc) is 2.72. The molecule has 0 aliphatic carbocycles. The second-order valence-corrected chi connectivity index (χ2v) is 11.3. The number of halogens is 2. The van der Waals surface area contributed by atoms with E-state index in [2.05, 4.69) is 0 Å². The summed E-state index contributed by atoms with van der Waals surface area (Å²) in [4.78, 5) is 12.5. The van der Waals surface area contributed by atoms with E-state index in [-0.39, 0.29) is 30.5 Å². The summed E-state index contributed by atoms with van der Waals surface area (Å²) in [5.74, 6) is -1.50. The van der Waals surface area contributed by atoms with E-state index >= 15 is 0 Å². The highest BCUT2D eigenvalue weighted by Gasteiger charge is 2.27. The number of rotatable bonds is 12. The van der Waals surface area contributed by atoms with Crippen molar-refractivity contribution in [3.05, 3.63) is 58.9 Å². The monoisotopic (exact) mass is 496 g/mol. The van der Waals surface area contributed by atoms with Crippen molar-refractivity contribution in [3.8, 4) is 11.1 Å². The van der Waals surface area contributed by atoms with Gasteiger partial charge in [-0.3, -0.25) is 4.79 Å². The van der Waals surface area contributed by atoms with Crippen LogP contribution in [0, 0.1) is 17.7 Å². The van der Waals surface area contributed by atoms with Crippen LogP contribution in [0.1, 0.15) is 25.3 Å². The van der Waals surface area contributed by atoms with Crippen molar-refractivity contribution >= 4 is 34.3 Å². The third-order valence-electron chi connectivity index (χ3n) is 5.47. The molecule has 0 aliphatic rings. The van der Waals surface area contributed by atoms with Crippen LogP contribution in [-0.4, -0.2) is 44.9 Å². The predicted octanol–water partition coefficient (Wildman–Crippen LogP) is 4.92. The van der Waals surface area contributed by atoms with Crippen LogP contribution < -0.4 is 0 Å². The molecule has 0 fully saturated rings. The molecule has 0 saturated carbocycles. The van der Waals surface area contributed by atoms with Crippen LogP contribution in [0.15, 0.2) is 42.5 Å². The van der Waals surface area contributed by atoms with Gasteiger partial charge in [0.2, 0.25) is 0 Å². The zero-order valence-electron chi connectivity index (χ0n) is 19.3. The molecule has 0 radical (unpaired) electrons. The highest BCUT2D eigenvalue weighted by atomic mass is 35.5. The first-order valence-corrected chi connectivity index (χ1v) is 13.5. The first-order valence-electron chi connectivity index (χ1n) is 11.0. The van der Waals surface area contributed by atoms with Gasteiger partial charge in [0.25, 0.3) is 6.92 Å². The minimum absolute atomic E-state index is 0.0623. The average molecular weight is 497 g/mol. The van der Waals surface area contributed by atoms with Crippen LogP contribution >= 0.6 is 11.6 Å². The van der Waals surface area contributed by atoms with Crippen molar-refractivity contribution in [2.45, 2.75) is 39.3 Å². The van der Waals surface area contributed by atoms with Crippen molar-refractivity contribution in [2.75, 3.05) is 18.6 Å². The lowest BCUT2D eigenvalue weighted by atomic mass is 9.61. The van der Waals surface area contributed by atoms with E-state index in [4.69, 9.17) is 16.3 Å². The van der Waals surface area contributed by atoms with E-state index in [0.29, 0.717) is 35.3 Å². The fraction of sp³-hybridized carbons (Fsp3) is 0.458. The Kier molecular flexibility index (Phi) is 10.4. The molecule has 0 saturated heterocycles. The second-order valence-electron chi connectivity index (χ2n) is 8.58. The molecule has 180 valence electrons. The van der Waals surface area contributed by atoms with Crippen molar-refractivity contribution < 1.29 is 27.4 Å². The molecule has 0 amide bonds. The van der Waals surface area contributed by atoms with Crippen molar-refractivity contribution in [3.63, 3.8) is 0 Å². The lowest BCUT2D eigenvalue weighted by Crippen LogP contribution is -2.26. The molecule has 5 nitrogen and oxygen atoms in total. The zero-order valence-corrected chi connectivity index (χ0v) is 20.8. The third kappa shape index (κ3) is 9.47. The van der Waals surface area contributed by atoms with Crippen LogP contribution in [0.25, 0.3) is 11.1 Å². The number of benzene rings is 2. The van der Waals surface area contributed by atoms with Gasteiger partial charge < -0.3 is 9.76 Å². The van der Waals surface area contributed by atoms with Gasteiger partial charge in [-0.2, -0.15) is 0 Å². The Hall–Kier alpha value is -1.90. The maximum absolute atomic E-state index is 14.2. The zero-order chi connectivity index (χ0) is 24.6. The number of carbonyl (C=O) groups is 1. The molecule has 9 heteroatoms. The third-order valence-corrected chi connectivity index (χ3v) is 6.68. The van der Waals surface area contributed by atoms with E-state index in [0.717, 1.165) is 11.8 Å². The molecule has 0 unspecified atom stereocenters. The summed E-state index contributed by atoms with van der Waals surface area (Å²) in [6, 6.07) is 11.8. The van der Waals surface area contributed by atoms with Gasteiger partial charge in [0.15, 0.2) is 0 Å². The van der Waals surface area contributed by atoms with Gasteiger partial charge in [-0.25, -0.2) is 12.8 Å². The Labute approximate surface area is 201 Å². The van der Waals surface area contributed by atoms with Gasteiger partial charge in [-0.15, -0.1) is 0 Å². The van der Waals surface area contributed by atoms with Crippen molar-refractivity contribution in [1.29, 1.82) is 0 Å². The second kappa shape index (κ2) is 12.5. The van der Waals surface area contributed by atoms with Gasteiger partial charge in [0.1, 0.15) is 15.7 Å². The minimum Gasteiger partial charge on any atom is -0.466 e. The SMILES string of the molecule is CCOC(=O)[C@H](CCS(C)(=O)=O)C[C@H](CB(C)O)Cc1ccc(-c2cc(Cl)ccc2F)cc1. The molecule has 2 atom stereocenters. The number of esters is 1. The number of ether oxygens (including phenoxy) is 1. The van der Waals surface area contributed by atoms with Crippen LogP contribution in [0.2, 0.25) is 18.2 Å². The van der Waals surface area contributed by atoms with E-state index in [1.807, 2.05) is 24.3 Å². The van der Waals surface area contributed by atoms with Crippen LogP contribution in [-0.2, 0) is 25.8 Å². The molecule has 2 rings (SSSR count). The molecule has 1 N–H and O–H groups in total. The standard InChI is InChI=1S/C24H31BClFO5S/c1-4-32-24(28)20(11-12-33(3,30)31)14-18(16-25(2)29)13-17-5-7-19(8-6-17)22-15-21(26)9-10-23(22)27/h5-10,15,18,20,29H,4,11-14,16H2,1-3H3/t18-,20-/m1/s1. The first kappa shape index (κ1) is 27.4. The molecule has 2 aromatic carbocycles. The maximum Gasteiger partial charge on any atom is 0.308 e. The Morgan fingerprint density at radius 2 is 1.88 bits per heavy atom. The largest absolute Gasteiger partial charge is 0.466 e. The van der Waals surface area contributed by atoms with E-state index in [9.17, 15) is 22.6 Å². The van der Waals surface area contributed by atoms with Crippen LogP contribution in [0.3, 0.4) is 0 Å². The summed E-state index contributed by atoms with van der Waals surface area (Å²) >= 11 is 6.00. The number of hydrogen-bond donors (Lipinski definition) is 1. The Balaban J connectivity index is 2.19. The number of hydrogen-bond acceptors (Lipinski definition) is 5. The number of sulfone groups is 1. The lowest BCUT2D eigenvalue weighted by Gasteiger charge is -2.23. The van der Waals surface area contributed by atoms with Gasteiger partial charge in [0, 0.05) is 16.8 Å². The topological polar surface area (TPSA) is 80.7 Å². The summed E-state index contributed by atoms with van der Waals surface area (Å²) in [6.45, 7) is 3.04. The Morgan fingerprint density at radius 1 is 1.21 bits per heavy atom. The highest BCUT2D eigenvalue weighted by Crippen LogP contribution is 2.29. The fourth-order valence-corrected chi connectivity index (χ4v) is 4.85. The molecule has 0 aliphatic heterocycles. The van der Waals surface area contributed by atoms with Crippen molar-refractivity contribution in [1.82, 2.24) is 0 Å². The van der Waals surface area contributed by atoms with E-state index in [1.165, 1.54) is 12.1 Å². The maximum atomic E-state index is 14.2. The van der Waals surface area contributed by atoms with Crippen LogP contribution in [0.4, 0.5) is 4.39 Å². The van der Waals surface area contributed by atoms with E-state index < -0.39 is 28.6 Å². The molecule has 2 aromatic rings. The molecule has 0 heterocycles. The number of carbonyl (C=O) groups excluding carboxylic acids is 1. The normalized spacial score (nSPS) is 13.4. The summed E-state index contributed by atoms with van der Waals surface area (Å²) < 4.78 is 42.6. The lowest BCUT2D eigenvalue weighted by molar-refractivity contribution is -0.148. The summed E-state index contributed by atoms with van der Waals surface area (Å²) in [5.41, 5.74) is 2.08. The summed E-state index contributed by atoms with van der Waals surface area (Å²) in [6.07, 6.45) is 2.77. The minimum atomic E-state index is -3.22. The fourth-order valence-electron chi connectivity index (χ4n) is 3.97. The summed E-state index contributed by atoms with van der Waals surface area (Å²) in [7, 11) is -3.22. The van der Waals surface area contributed by atoms with E-state index in [1.54, 1.807) is 19.8 Å². The quantitative estimate of drug-likeness (QED) is 0.333. The first-order chi connectivity index (χ1) is 15.5. The van der Waals surface area contributed by atoms with Crippen molar-refractivity contribution in [2.24, 2.45) is 11.8 Å². The predicted molar refractivity (Wildman–Crippen MR) is 132 cm³/mol. The molecular weight excluding hydrogens is 466 g/mol. The smallest absolute Gasteiger partial charge is 0.308 e.